The number of hydrogen-bond donors (Lipinski definition) is 1. The van der Waals surface area contributed by atoms with Crippen LogP contribution in [0.1, 0.15) is 24.3 Å². The van der Waals surface area contributed by atoms with Crippen molar-refractivity contribution >= 4 is 5.97 Å². The summed E-state index contributed by atoms with van der Waals surface area (Å²) in [6.45, 7) is 4.37. The lowest BCUT2D eigenvalue weighted by atomic mass is 10.4. The monoisotopic (exact) mass is 184 g/mol. The zero-order valence-corrected chi connectivity index (χ0v) is 7.66. The third-order valence-corrected chi connectivity index (χ3v) is 1.37. The van der Waals surface area contributed by atoms with E-state index in [1.165, 1.54) is 6.33 Å². The van der Waals surface area contributed by atoms with E-state index in [0.29, 0.717) is 19.1 Å². The van der Waals surface area contributed by atoms with Crippen LogP contribution in [-0.4, -0.2) is 29.2 Å². The van der Waals surface area contributed by atoms with Gasteiger partial charge in [-0.05, 0) is 13.8 Å². The number of hydrogen-bond acceptors (Lipinski definition) is 4. The average Bonchev–Trinajstić information content (AvgIpc) is 2.54. The molecule has 0 aliphatic rings. The molecular weight excluding hydrogens is 172 g/mol. The normalized spacial score (nSPS) is 9.69. The molecule has 0 unspecified atom stereocenters. The van der Waals surface area contributed by atoms with Gasteiger partial charge in [-0.15, -0.1) is 0 Å². The van der Waals surface area contributed by atoms with Crippen molar-refractivity contribution < 1.29 is 14.3 Å². The van der Waals surface area contributed by atoms with E-state index in [1.54, 1.807) is 6.92 Å². The van der Waals surface area contributed by atoms with E-state index in [2.05, 4.69) is 9.97 Å². The molecule has 0 bridgehead atoms. The topological polar surface area (TPSA) is 64.2 Å². The Hall–Kier alpha value is -1.52. The molecule has 0 saturated carbocycles. The van der Waals surface area contributed by atoms with Gasteiger partial charge >= 0.3 is 5.97 Å². The Labute approximate surface area is 76.1 Å². The zero-order chi connectivity index (χ0) is 9.68. The maximum atomic E-state index is 11.2. The Bertz CT molecular complexity index is 283. The first-order valence-electron chi connectivity index (χ1n) is 4.12. The molecule has 72 valence electrons. The molecule has 0 aliphatic carbocycles. The average molecular weight is 184 g/mol. The molecule has 0 amide bonds. The van der Waals surface area contributed by atoms with Crippen LogP contribution >= 0.6 is 0 Å². The van der Waals surface area contributed by atoms with Gasteiger partial charge in [0, 0.05) is 0 Å². The van der Waals surface area contributed by atoms with E-state index in [4.69, 9.17) is 9.47 Å². The third-order valence-electron chi connectivity index (χ3n) is 1.37. The molecule has 1 N–H and O–H groups in total. The van der Waals surface area contributed by atoms with E-state index >= 15 is 0 Å². The number of aromatic amines is 1. The highest BCUT2D eigenvalue weighted by Crippen LogP contribution is 2.13. The van der Waals surface area contributed by atoms with Crippen molar-refractivity contribution in [2.24, 2.45) is 0 Å². The molecule has 0 radical (unpaired) electrons. The first-order valence-corrected chi connectivity index (χ1v) is 4.12. The van der Waals surface area contributed by atoms with Gasteiger partial charge in [0.25, 0.3) is 0 Å². The van der Waals surface area contributed by atoms with Crippen LogP contribution < -0.4 is 4.74 Å². The molecule has 0 saturated heterocycles. The molecular formula is C8H12N2O3. The van der Waals surface area contributed by atoms with Crippen LogP contribution in [0.5, 0.6) is 5.88 Å². The van der Waals surface area contributed by atoms with E-state index in [0.717, 1.165) is 0 Å². The molecule has 1 aromatic rings. The number of aromatic nitrogens is 2. The van der Waals surface area contributed by atoms with Crippen molar-refractivity contribution in [3.05, 3.63) is 12.0 Å². The van der Waals surface area contributed by atoms with Gasteiger partial charge in [0.1, 0.15) is 0 Å². The number of esters is 1. The second-order valence-corrected chi connectivity index (χ2v) is 2.24. The van der Waals surface area contributed by atoms with Crippen molar-refractivity contribution in [1.82, 2.24) is 9.97 Å². The summed E-state index contributed by atoms with van der Waals surface area (Å²) >= 11 is 0. The largest absolute Gasteiger partial charge is 0.476 e. The molecule has 0 spiro atoms. The maximum Gasteiger partial charge on any atom is 0.360 e. The summed E-state index contributed by atoms with van der Waals surface area (Å²) in [6, 6.07) is 0. The summed E-state index contributed by atoms with van der Waals surface area (Å²) in [5, 5.41) is 0. The standard InChI is InChI=1S/C8H12N2O3/c1-3-12-7-6(9-5-10-7)8(11)13-4-2/h5H,3-4H2,1-2H3,(H,9,10). The lowest BCUT2D eigenvalue weighted by molar-refractivity contribution is 0.0515. The number of nitrogens with zero attached hydrogens (tertiary/aromatic N) is 1. The van der Waals surface area contributed by atoms with Crippen LogP contribution in [0, 0.1) is 0 Å². The second-order valence-electron chi connectivity index (χ2n) is 2.24. The van der Waals surface area contributed by atoms with Crippen LogP contribution in [0.15, 0.2) is 6.33 Å². The quantitative estimate of drug-likeness (QED) is 0.708. The summed E-state index contributed by atoms with van der Waals surface area (Å²) in [7, 11) is 0. The van der Waals surface area contributed by atoms with Crippen LogP contribution in [0.25, 0.3) is 0 Å². The molecule has 5 nitrogen and oxygen atoms in total. The fraction of sp³-hybridized carbons (Fsp3) is 0.500. The first kappa shape index (κ1) is 9.57. The Balaban J connectivity index is 2.74. The summed E-state index contributed by atoms with van der Waals surface area (Å²) in [5.74, 6) is -0.149. The molecule has 0 aliphatic heterocycles. The number of carbonyl (C=O) groups excluding carboxylic acids is 1. The van der Waals surface area contributed by atoms with E-state index in [1.807, 2.05) is 6.92 Å². The minimum atomic E-state index is -0.441. The number of H-pyrrole nitrogens is 1. The summed E-state index contributed by atoms with van der Waals surface area (Å²) in [6.07, 6.45) is 1.40. The lowest BCUT2D eigenvalue weighted by Gasteiger charge is -2.02. The van der Waals surface area contributed by atoms with Crippen LogP contribution in [0.2, 0.25) is 0 Å². The third kappa shape index (κ3) is 2.21. The predicted octanol–water partition coefficient (Wildman–Crippen LogP) is 0.985. The van der Waals surface area contributed by atoms with Gasteiger partial charge in [0.2, 0.25) is 5.88 Å². The first-order chi connectivity index (χ1) is 6.29. The molecule has 0 atom stereocenters. The highest BCUT2D eigenvalue weighted by atomic mass is 16.5. The van der Waals surface area contributed by atoms with Gasteiger partial charge in [-0.3, -0.25) is 0 Å². The predicted molar refractivity (Wildman–Crippen MR) is 45.7 cm³/mol. The van der Waals surface area contributed by atoms with Gasteiger partial charge < -0.3 is 14.5 Å². The Morgan fingerprint density at radius 1 is 1.54 bits per heavy atom. The van der Waals surface area contributed by atoms with Gasteiger partial charge in [-0.2, -0.15) is 0 Å². The van der Waals surface area contributed by atoms with E-state index in [9.17, 15) is 4.79 Å². The molecule has 0 fully saturated rings. The zero-order valence-electron chi connectivity index (χ0n) is 7.66. The second kappa shape index (κ2) is 4.49. The van der Waals surface area contributed by atoms with Crippen LogP contribution in [0.3, 0.4) is 0 Å². The summed E-state index contributed by atoms with van der Waals surface area (Å²) in [4.78, 5) is 17.7. The van der Waals surface area contributed by atoms with Gasteiger partial charge in [0.15, 0.2) is 5.69 Å². The Morgan fingerprint density at radius 3 is 2.92 bits per heavy atom. The molecule has 0 aromatic carbocycles. The van der Waals surface area contributed by atoms with Gasteiger partial charge in [-0.1, -0.05) is 0 Å². The summed E-state index contributed by atoms with van der Waals surface area (Å²) in [5.41, 5.74) is 0.267. The highest BCUT2D eigenvalue weighted by molar-refractivity contribution is 5.89. The Morgan fingerprint density at radius 2 is 2.31 bits per heavy atom. The highest BCUT2D eigenvalue weighted by Gasteiger charge is 2.15. The van der Waals surface area contributed by atoms with Gasteiger partial charge in [0.05, 0.1) is 19.5 Å². The minimum absolute atomic E-state index is 0.267. The van der Waals surface area contributed by atoms with Crippen LogP contribution in [0.4, 0.5) is 0 Å². The number of rotatable bonds is 4. The van der Waals surface area contributed by atoms with Crippen molar-refractivity contribution in [3.63, 3.8) is 0 Å². The lowest BCUT2D eigenvalue weighted by Crippen LogP contribution is -2.07. The summed E-state index contributed by atoms with van der Waals surface area (Å²) < 4.78 is 9.88. The minimum Gasteiger partial charge on any atom is -0.476 e. The van der Waals surface area contributed by atoms with Gasteiger partial charge in [-0.25, -0.2) is 9.78 Å². The smallest absolute Gasteiger partial charge is 0.360 e. The number of imidazole rings is 1. The van der Waals surface area contributed by atoms with Crippen molar-refractivity contribution in [2.45, 2.75) is 13.8 Å². The molecule has 13 heavy (non-hydrogen) atoms. The fourth-order valence-corrected chi connectivity index (χ4v) is 0.877. The molecule has 1 heterocycles. The molecule has 1 aromatic heterocycles. The molecule has 1 rings (SSSR count). The number of ether oxygens (including phenoxy) is 2. The SMILES string of the molecule is CCOC(=O)c1[nH]cnc1OCC. The van der Waals surface area contributed by atoms with Crippen LogP contribution in [-0.2, 0) is 4.74 Å². The number of nitrogens with one attached hydrogen (secondary N) is 1. The Kier molecular flexibility index (Phi) is 3.31. The van der Waals surface area contributed by atoms with Crippen molar-refractivity contribution in [2.75, 3.05) is 13.2 Å². The molecule has 5 heteroatoms. The van der Waals surface area contributed by atoms with E-state index in [-0.39, 0.29) is 5.69 Å². The maximum absolute atomic E-state index is 11.2. The fourth-order valence-electron chi connectivity index (χ4n) is 0.877. The van der Waals surface area contributed by atoms with Crippen molar-refractivity contribution in [1.29, 1.82) is 0 Å². The van der Waals surface area contributed by atoms with Crippen molar-refractivity contribution in [3.8, 4) is 5.88 Å². The number of carbonyl (C=O) groups is 1. The van der Waals surface area contributed by atoms with E-state index < -0.39 is 5.97 Å².